The van der Waals surface area contributed by atoms with Gasteiger partial charge < -0.3 is 15.5 Å². The second kappa shape index (κ2) is 6.56. The highest BCUT2D eigenvalue weighted by molar-refractivity contribution is 14.1. The normalized spacial score (nSPS) is 14.2. The maximum Gasteiger partial charge on any atom is 0.255 e. The number of phenolic OH excluding ortho intramolecular Hbond substituents is 1. The molecule has 19 heavy (non-hydrogen) atoms. The smallest absolute Gasteiger partial charge is 0.255 e. The van der Waals surface area contributed by atoms with Gasteiger partial charge in [-0.3, -0.25) is 4.79 Å². The van der Waals surface area contributed by atoms with Gasteiger partial charge in [0.15, 0.2) is 0 Å². The summed E-state index contributed by atoms with van der Waals surface area (Å²) in [5.74, 6) is -0.0838. The van der Waals surface area contributed by atoms with Crippen LogP contribution in [-0.4, -0.2) is 28.3 Å². The van der Waals surface area contributed by atoms with E-state index in [0.29, 0.717) is 12.3 Å². The zero-order valence-corrected chi connectivity index (χ0v) is 13.6. The maximum absolute atomic E-state index is 12.0. The van der Waals surface area contributed by atoms with E-state index in [2.05, 4.69) is 27.9 Å². The second-order valence-corrected chi connectivity index (χ2v) is 6.68. The van der Waals surface area contributed by atoms with Crippen LogP contribution in [0.5, 0.6) is 5.75 Å². The van der Waals surface area contributed by atoms with E-state index >= 15 is 0 Å². The van der Waals surface area contributed by atoms with Crippen LogP contribution >= 0.6 is 22.6 Å². The van der Waals surface area contributed by atoms with Crippen molar-refractivity contribution in [2.75, 3.05) is 6.54 Å². The first-order chi connectivity index (χ1) is 8.71. The Kier molecular flexibility index (Phi) is 5.61. The van der Waals surface area contributed by atoms with Crippen molar-refractivity contribution in [2.45, 2.75) is 32.8 Å². The molecule has 0 aliphatic heterocycles. The lowest BCUT2D eigenvalue weighted by molar-refractivity contribution is 0.0368. The van der Waals surface area contributed by atoms with Crippen LogP contribution in [0, 0.1) is 9.49 Å². The van der Waals surface area contributed by atoms with E-state index in [1.54, 1.807) is 19.1 Å². The van der Waals surface area contributed by atoms with E-state index in [9.17, 15) is 15.0 Å². The first-order valence-corrected chi connectivity index (χ1v) is 7.28. The van der Waals surface area contributed by atoms with Crippen molar-refractivity contribution in [3.05, 3.63) is 27.3 Å². The molecule has 0 saturated heterocycles. The summed E-state index contributed by atoms with van der Waals surface area (Å²) < 4.78 is 0.870. The Bertz CT molecular complexity index is 458. The number of benzene rings is 1. The molecule has 3 N–H and O–H groups in total. The van der Waals surface area contributed by atoms with Crippen LogP contribution in [0.25, 0.3) is 0 Å². The van der Waals surface area contributed by atoms with Crippen LogP contribution in [0.4, 0.5) is 0 Å². The molecule has 1 rings (SSSR count). The number of aliphatic hydroxyl groups is 1. The molecular weight excluding hydrogens is 357 g/mol. The fraction of sp³-hybridized carbons (Fsp3) is 0.500. The topological polar surface area (TPSA) is 69.6 Å². The lowest BCUT2D eigenvalue weighted by Gasteiger charge is -2.25. The Morgan fingerprint density at radius 1 is 1.47 bits per heavy atom. The second-order valence-electron chi connectivity index (χ2n) is 5.44. The Morgan fingerprint density at radius 2 is 2.11 bits per heavy atom. The zero-order chi connectivity index (χ0) is 14.6. The molecule has 0 saturated carbocycles. The lowest BCUT2D eigenvalue weighted by atomic mass is 9.94. The molecule has 1 atom stereocenters. The summed E-state index contributed by atoms with van der Waals surface area (Å²) in [6.07, 6.45) is 0.603. The van der Waals surface area contributed by atoms with Crippen molar-refractivity contribution < 1.29 is 15.0 Å². The monoisotopic (exact) mass is 377 g/mol. The number of aromatic hydroxyl groups is 1. The highest BCUT2D eigenvalue weighted by atomic mass is 127. The van der Waals surface area contributed by atoms with Crippen molar-refractivity contribution >= 4 is 28.5 Å². The minimum absolute atomic E-state index is 0.0542. The molecule has 0 fully saturated rings. The van der Waals surface area contributed by atoms with Gasteiger partial charge in [-0.1, -0.05) is 13.8 Å². The fourth-order valence-electron chi connectivity index (χ4n) is 2.01. The minimum Gasteiger partial charge on any atom is -0.507 e. The molecule has 1 aromatic rings. The number of carbonyl (C=O) groups excluding carboxylic acids is 1. The lowest BCUT2D eigenvalue weighted by Crippen LogP contribution is -2.41. The van der Waals surface area contributed by atoms with Gasteiger partial charge in [0.1, 0.15) is 5.75 Å². The van der Waals surface area contributed by atoms with E-state index in [1.165, 1.54) is 6.07 Å². The van der Waals surface area contributed by atoms with Gasteiger partial charge in [-0.05, 0) is 60.1 Å². The van der Waals surface area contributed by atoms with Crippen molar-refractivity contribution in [1.29, 1.82) is 0 Å². The molecule has 1 unspecified atom stereocenters. The van der Waals surface area contributed by atoms with Crippen molar-refractivity contribution in [3.8, 4) is 5.75 Å². The van der Waals surface area contributed by atoms with Gasteiger partial charge in [0.2, 0.25) is 0 Å². The largest absolute Gasteiger partial charge is 0.507 e. The minimum atomic E-state index is -0.943. The molecule has 4 nitrogen and oxygen atoms in total. The SMILES string of the molecule is CC(C)CC(C)(O)CNC(=O)c1cc(I)ccc1O. The first-order valence-electron chi connectivity index (χ1n) is 6.20. The molecule has 106 valence electrons. The van der Waals surface area contributed by atoms with Crippen molar-refractivity contribution in [2.24, 2.45) is 5.92 Å². The van der Waals surface area contributed by atoms with Gasteiger partial charge >= 0.3 is 0 Å². The molecule has 5 heteroatoms. The van der Waals surface area contributed by atoms with Crippen LogP contribution in [0.2, 0.25) is 0 Å². The molecule has 0 aliphatic carbocycles. The van der Waals surface area contributed by atoms with E-state index in [0.717, 1.165) is 3.57 Å². The van der Waals surface area contributed by atoms with E-state index < -0.39 is 5.60 Å². The summed E-state index contributed by atoms with van der Waals surface area (Å²) in [4.78, 5) is 12.0. The third-order valence-electron chi connectivity index (χ3n) is 2.68. The summed E-state index contributed by atoms with van der Waals surface area (Å²) in [5.41, 5.74) is -0.714. The predicted octanol–water partition coefficient (Wildman–Crippen LogP) is 2.52. The predicted molar refractivity (Wildman–Crippen MR) is 83.2 cm³/mol. The van der Waals surface area contributed by atoms with Crippen LogP contribution < -0.4 is 5.32 Å². The molecule has 0 aromatic heterocycles. The summed E-state index contributed by atoms with van der Waals surface area (Å²) in [6.45, 7) is 5.89. The van der Waals surface area contributed by atoms with Gasteiger partial charge in [0.25, 0.3) is 5.91 Å². The summed E-state index contributed by atoms with van der Waals surface area (Å²) in [7, 11) is 0. The fourth-order valence-corrected chi connectivity index (χ4v) is 2.50. The first kappa shape index (κ1) is 16.2. The maximum atomic E-state index is 12.0. The summed E-state index contributed by atoms with van der Waals surface area (Å²) >= 11 is 2.08. The highest BCUT2D eigenvalue weighted by Gasteiger charge is 2.23. The summed E-state index contributed by atoms with van der Waals surface area (Å²) in [6, 6.07) is 4.83. The molecule has 1 aromatic carbocycles. The highest BCUT2D eigenvalue weighted by Crippen LogP contribution is 2.20. The van der Waals surface area contributed by atoms with Gasteiger partial charge in [-0.25, -0.2) is 0 Å². The Balaban J connectivity index is 2.68. The average molecular weight is 377 g/mol. The van der Waals surface area contributed by atoms with Crippen LogP contribution in [0.15, 0.2) is 18.2 Å². The average Bonchev–Trinajstić information content (AvgIpc) is 2.27. The summed E-state index contributed by atoms with van der Waals surface area (Å²) in [5, 5.41) is 22.4. The van der Waals surface area contributed by atoms with Gasteiger partial charge in [0, 0.05) is 10.1 Å². The van der Waals surface area contributed by atoms with Gasteiger partial charge in [-0.15, -0.1) is 0 Å². The van der Waals surface area contributed by atoms with Crippen LogP contribution in [0.3, 0.4) is 0 Å². The molecule has 0 heterocycles. The Labute approximate surface area is 127 Å². The van der Waals surface area contributed by atoms with E-state index in [-0.39, 0.29) is 23.8 Å². The van der Waals surface area contributed by atoms with Crippen LogP contribution in [0.1, 0.15) is 37.6 Å². The Morgan fingerprint density at radius 3 is 2.68 bits per heavy atom. The third kappa shape index (κ3) is 5.36. The molecule has 1 amide bonds. The van der Waals surface area contributed by atoms with Crippen molar-refractivity contribution in [3.63, 3.8) is 0 Å². The zero-order valence-electron chi connectivity index (χ0n) is 11.4. The van der Waals surface area contributed by atoms with E-state index in [1.807, 2.05) is 13.8 Å². The molecule has 0 bridgehead atoms. The molecular formula is C14H20INO3. The number of rotatable bonds is 5. The standard InChI is InChI=1S/C14H20INO3/c1-9(2)7-14(3,19)8-16-13(18)11-6-10(15)4-5-12(11)17/h4-6,9,17,19H,7-8H2,1-3H3,(H,16,18). The molecule has 0 aliphatic rings. The molecule has 0 radical (unpaired) electrons. The number of phenols is 1. The van der Waals surface area contributed by atoms with Crippen molar-refractivity contribution in [1.82, 2.24) is 5.32 Å². The van der Waals surface area contributed by atoms with E-state index in [4.69, 9.17) is 0 Å². The quantitative estimate of drug-likeness (QED) is 0.691. The molecule has 0 spiro atoms. The number of amides is 1. The Hall–Kier alpha value is -0.820. The third-order valence-corrected chi connectivity index (χ3v) is 3.35. The van der Waals surface area contributed by atoms with Crippen LogP contribution in [-0.2, 0) is 0 Å². The number of nitrogens with one attached hydrogen (secondary N) is 1. The number of hydrogen-bond acceptors (Lipinski definition) is 3. The number of hydrogen-bond donors (Lipinski definition) is 3. The van der Waals surface area contributed by atoms with Gasteiger partial charge in [-0.2, -0.15) is 0 Å². The van der Waals surface area contributed by atoms with Gasteiger partial charge in [0.05, 0.1) is 11.2 Å². The number of carbonyl (C=O) groups is 1. The number of halogens is 1.